The molecule has 0 radical (unpaired) electrons. The van der Waals surface area contributed by atoms with Crippen molar-refractivity contribution in [1.29, 1.82) is 0 Å². The Morgan fingerprint density at radius 1 is 0.976 bits per heavy atom. The molecular formula is C33H29Cl2N3O3. The highest BCUT2D eigenvalue weighted by Crippen LogP contribution is 2.33. The molecule has 0 bridgehead atoms. The summed E-state index contributed by atoms with van der Waals surface area (Å²) in [5, 5.41) is 16.8. The van der Waals surface area contributed by atoms with Gasteiger partial charge in [-0.1, -0.05) is 77.8 Å². The standard InChI is InChI=1S/C33H29Cl2N3O3/c1-21-2-6-23(7-3-21)24-10-12-25(13-11-24)31-19-30(27-16-28(34)18-29(35)17-27)37-38(31)20-22-4-8-26(9-5-22)33(41)36-15-14-32(39)40/h2-13,16,18-19,29H,14-15,17,20H2,1H3,(H,36,41)(H,39,40). The summed E-state index contributed by atoms with van der Waals surface area (Å²) in [6.07, 6.45) is 4.25. The number of aromatic nitrogens is 2. The number of nitrogens with zero attached hydrogens (tertiary/aromatic N) is 2. The lowest BCUT2D eigenvalue weighted by molar-refractivity contribution is -0.136. The van der Waals surface area contributed by atoms with Crippen molar-refractivity contribution in [3.63, 3.8) is 0 Å². The highest BCUT2D eigenvalue weighted by Gasteiger charge is 2.19. The molecule has 1 aliphatic carbocycles. The lowest BCUT2D eigenvalue weighted by atomic mass is 9.99. The third-order valence-electron chi connectivity index (χ3n) is 6.91. The first-order valence-electron chi connectivity index (χ1n) is 13.3. The number of halogens is 2. The number of alkyl halides is 1. The van der Waals surface area contributed by atoms with E-state index in [0.29, 0.717) is 23.6 Å². The van der Waals surface area contributed by atoms with E-state index in [-0.39, 0.29) is 24.2 Å². The Morgan fingerprint density at radius 3 is 2.24 bits per heavy atom. The lowest BCUT2D eigenvalue weighted by Crippen LogP contribution is -2.25. The van der Waals surface area contributed by atoms with Gasteiger partial charge in [0.05, 0.1) is 29.7 Å². The van der Waals surface area contributed by atoms with E-state index >= 15 is 0 Å². The summed E-state index contributed by atoms with van der Waals surface area (Å²) < 4.78 is 1.95. The summed E-state index contributed by atoms with van der Waals surface area (Å²) in [7, 11) is 0. The van der Waals surface area contributed by atoms with Gasteiger partial charge < -0.3 is 10.4 Å². The van der Waals surface area contributed by atoms with Gasteiger partial charge in [-0.25, -0.2) is 0 Å². The fraction of sp³-hybridized carbons (Fsp3) is 0.182. The number of carbonyl (C=O) groups excluding carboxylic acids is 1. The Bertz CT molecular complexity index is 1620. The minimum absolute atomic E-state index is 0.0796. The fourth-order valence-corrected chi connectivity index (χ4v) is 5.37. The predicted octanol–water partition coefficient (Wildman–Crippen LogP) is 7.30. The Balaban J connectivity index is 1.42. The van der Waals surface area contributed by atoms with Gasteiger partial charge in [-0.3, -0.25) is 14.3 Å². The number of hydrogen-bond donors (Lipinski definition) is 2. The number of nitrogens with one attached hydrogen (secondary N) is 1. The summed E-state index contributed by atoms with van der Waals surface area (Å²) in [5.74, 6) is -1.26. The molecule has 0 spiro atoms. The highest BCUT2D eigenvalue weighted by molar-refractivity contribution is 6.33. The minimum atomic E-state index is -0.955. The zero-order valence-electron chi connectivity index (χ0n) is 22.5. The topological polar surface area (TPSA) is 84.2 Å². The number of carbonyl (C=O) groups is 2. The zero-order chi connectivity index (χ0) is 28.9. The molecule has 1 unspecified atom stereocenters. The van der Waals surface area contributed by atoms with Gasteiger partial charge in [0.25, 0.3) is 5.91 Å². The van der Waals surface area contributed by atoms with Crippen LogP contribution in [0.4, 0.5) is 0 Å². The van der Waals surface area contributed by atoms with Gasteiger partial charge in [0, 0.05) is 17.1 Å². The number of carboxylic acids is 1. The second kappa shape index (κ2) is 12.6. The van der Waals surface area contributed by atoms with Crippen LogP contribution in [0, 0.1) is 6.92 Å². The summed E-state index contributed by atoms with van der Waals surface area (Å²) in [6, 6.07) is 26.2. The molecular weight excluding hydrogens is 557 g/mol. The van der Waals surface area contributed by atoms with Crippen molar-refractivity contribution in [2.24, 2.45) is 0 Å². The van der Waals surface area contributed by atoms with Crippen molar-refractivity contribution in [1.82, 2.24) is 15.1 Å². The molecule has 41 heavy (non-hydrogen) atoms. The molecule has 1 heterocycles. The van der Waals surface area contributed by atoms with Crippen molar-refractivity contribution in [2.45, 2.75) is 31.7 Å². The van der Waals surface area contributed by atoms with E-state index in [1.54, 1.807) is 12.1 Å². The third kappa shape index (κ3) is 7.15. The van der Waals surface area contributed by atoms with Gasteiger partial charge in [-0.15, -0.1) is 11.6 Å². The molecule has 3 aromatic carbocycles. The van der Waals surface area contributed by atoms with Crippen molar-refractivity contribution >= 4 is 40.7 Å². The number of aryl methyl sites for hydroxylation is 1. The van der Waals surface area contributed by atoms with Gasteiger partial charge in [0.15, 0.2) is 0 Å². The summed E-state index contributed by atoms with van der Waals surface area (Å²) in [5.41, 5.74) is 8.70. The average Bonchev–Trinajstić information content (AvgIpc) is 3.37. The normalized spacial score (nSPS) is 14.8. The number of amides is 1. The number of hydrogen-bond acceptors (Lipinski definition) is 3. The van der Waals surface area contributed by atoms with Crippen LogP contribution in [0.2, 0.25) is 0 Å². The number of allylic oxidation sites excluding steroid dienone is 4. The van der Waals surface area contributed by atoms with E-state index in [1.165, 1.54) is 5.56 Å². The predicted molar refractivity (Wildman–Crippen MR) is 164 cm³/mol. The van der Waals surface area contributed by atoms with Crippen LogP contribution in [-0.4, -0.2) is 38.7 Å². The zero-order valence-corrected chi connectivity index (χ0v) is 24.0. The van der Waals surface area contributed by atoms with E-state index in [4.69, 9.17) is 33.4 Å². The van der Waals surface area contributed by atoms with E-state index in [1.807, 2.05) is 29.0 Å². The lowest BCUT2D eigenvalue weighted by Gasteiger charge is -2.13. The molecule has 4 aromatic rings. The number of carboxylic acid groups (broad SMARTS) is 1. The van der Waals surface area contributed by atoms with Crippen LogP contribution in [0.3, 0.4) is 0 Å². The Kier molecular flexibility index (Phi) is 8.72. The van der Waals surface area contributed by atoms with Crippen LogP contribution >= 0.6 is 23.2 Å². The van der Waals surface area contributed by atoms with Crippen LogP contribution in [0.5, 0.6) is 0 Å². The molecule has 0 saturated carbocycles. The second-order valence-electron chi connectivity index (χ2n) is 10.1. The van der Waals surface area contributed by atoms with Crippen molar-refractivity contribution in [3.8, 4) is 22.4 Å². The second-order valence-corrected chi connectivity index (χ2v) is 11.1. The Hall–Kier alpha value is -4.13. The van der Waals surface area contributed by atoms with Crippen LogP contribution < -0.4 is 5.32 Å². The number of aliphatic carboxylic acids is 1. The molecule has 1 atom stereocenters. The van der Waals surface area contributed by atoms with Gasteiger partial charge in [0.1, 0.15) is 0 Å². The maximum atomic E-state index is 12.4. The molecule has 1 aromatic heterocycles. The van der Waals surface area contributed by atoms with E-state index in [2.05, 4.69) is 66.8 Å². The van der Waals surface area contributed by atoms with Crippen molar-refractivity contribution in [3.05, 3.63) is 118 Å². The average molecular weight is 587 g/mol. The summed E-state index contributed by atoms with van der Waals surface area (Å²) in [6.45, 7) is 2.64. The molecule has 8 heteroatoms. The molecule has 0 saturated heterocycles. The smallest absolute Gasteiger partial charge is 0.305 e. The molecule has 1 aliphatic rings. The van der Waals surface area contributed by atoms with Crippen LogP contribution in [0.15, 0.2) is 96.0 Å². The van der Waals surface area contributed by atoms with E-state index in [0.717, 1.165) is 39.2 Å². The first kappa shape index (κ1) is 28.4. The number of rotatable bonds is 9. The van der Waals surface area contributed by atoms with E-state index < -0.39 is 5.97 Å². The highest BCUT2D eigenvalue weighted by atomic mass is 35.5. The monoisotopic (exact) mass is 585 g/mol. The van der Waals surface area contributed by atoms with Gasteiger partial charge in [-0.05, 0) is 71.5 Å². The molecule has 208 valence electrons. The SMILES string of the molecule is Cc1ccc(-c2ccc(-c3cc(C4=CC(Cl)=CC(Cl)C4)nn3Cc3ccc(C(=O)NCCC(=O)O)cc3)cc2)cc1. The largest absolute Gasteiger partial charge is 0.481 e. The first-order chi connectivity index (χ1) is 19.7. The van der Waals surface area contributed by atoms with Gasteiger partial charge >= 0.3 is 5.97 Å². The van der Waals surface area contributed by atoms with Crippen molar-refractivity contribution < 1.29 is 14.7 Å². The maximum absolute atomic E-state index is 12.4. The minimum Gasteiger partial charge on any atom is -0.481 e. The molecule has 6 nitrogen and oxygen atoms in total. The Morgan fingerprint density at radius 2 is 1.61 bits per heavy atom. The van der Waals surface area contributed by atoms with Crippen LogP contribution in [-0.2, 0) is 11.3 Å². The van der Waals surface area contributed by atoms with Crippen LogP contribution in [0.25, 0.3) is 28.0 Å². The third-order valence-corrected chi connectivity index (χ3v) is 7.43. The van der Waals surface area contributed by atoms with E-state index in [9.17, 15) is 9.59 Å². The maximum Gasteiger partial charge on any atom is 0.305 e. The number of benzene rings is 3. The fourth-order valence-electron chi connectivity index (χ4n) is 4.72. The Labute approximate surface area is 248 Å². The molecule has 5 rings (SSSR count). The first-order valence-corrected chi connectivity index (χ1v) is 14.1. The molecule has 0 fully saturated rings. The quantitative estimate of drug-likeness (QED) is 0.202. The summed E-state index contributed by atoms with van der Waals surface area (Å²) >= 11 is 12.8. The molecule has 1 amide bonds. The summed E-state index contributed by atoms with van der Waals surface area (Å²) in [4.78, 5) is 23.1. The molecule has 2 N–H and O–H groups in total. The molecule has 0 aliphatic heterocycles. The van der Waals surface area contributed by atoms with Gasteiger partial charge in [-0.2, -0.15) is 5.10 Å². The van der Waals surface area contributed by atoms with Gasteiger partial charge in [0.2, 0.25) is 0 Å². The van der Waals surface area contributed by atoms with Crippen molar-refractivity contribution in [2.75, 3.05) is 6.54 Å². The van der Waals surface area contributed by atoms with Crippen LogP contribution in [0.1, 0.15) is 40.0 Å².